The first-order valence-electron chi connectivity index (χ1n) is 4.97. The van der Waals surface area contributed by atoms with Gasteiger partial charge in [-0.3, -0.25) is 0 Å². The maximum Gasteiger partial charge on any atom is 0.200 e. The highest BCUT2D eigenvalue weighted by molar-refractivity contribution is 5.24. The number of ether oxygens (including phenoxy) is 1. The third-order valence-electron chi connectivity index (χ3n) is 1.99. The molecule has 0 aromatic heterocycles. The van der Waals surface area contributed by atoms with Gasteiger partial charge >= 0.3 is 0 Å². The summed E-state index contributed by atoms with van der Waals surface area (Å²) in [5.41, 5.74) is 0. The van der Waals surface area contributed by atoms with Gasteiger partial charge in [-0.05, 0) is 38.6 Å². The van der Waals surface area contributed by atoms with E-state index in [-0.39, 0.29) is 5.75 Å². The predicted octanol–water partition coefficient (Wildman–Crippen LogP) is 2.34. The van der Waals surface area contributed by atoms with Crippen LogP contribution in [-0.2, 0) is 0 Å². The van der Waals surface area contributed by atoms with Crippen molar-refractivity contribution in [2.24, 2.45) is 0 Å². The molecule has 0 spiro atoms. The molecule has 84 valence electrons. The van der Waals surface area contributed by atoms with Crippen molar-refractivity contribution in [2.75, 3.05) is 20.2 Å². The van der Waals surface area contributed by atoms with E-state index in [1.54, 1.807) is 0 Å². The zero-order valence-electron chi connectivity index (χ0n) is 8.72. The summed E-state index contributed by atoms with van der Waals surface area (Å²) in [6.45, 7) is 1.30. The van der Waals surface area contributed by atoms with Crippen LogP contribution in [-0.4, -0.2) is 20.2 Å². The zero-order valence-corrected chi connectivity index (χ0v) is 8.72. The van der Waals surface area contributed by atoms with Gasteiger partial charge in [-0.1, -0.05) is 6.07 Å². The van der Waals surface area contributed by atoms with E-state index in [2.05, 4.69) is 5.32 Å². The molecule has 1 aromatic rings. The van der Waals surface area contributed by atoms with E-state index in [0.717, 1.165) is 25.5 Å². The Balaban J connectivity index is 2.34. The predicted molar refractivity (Wildman–Crippen MR) is 55.0 cm³/mol. The van der Waals surface area contributed by atoms with Gasteiger partial charge in [-0.2, -0.15) is 4.39 Å². The lowest BCUT2D eigenvalue weighted by Crippen LogP contribution is -2.09. The van der Waals surface area contributed by atoms with Crippen molar-refractivity contribution in [1.82, 2.24) is 5.32 Å². The number of benzene rings is 1. The monoisotopic (exact) mass is 215 g/mol. The fourth-order valence-corrected chi connectivity index (χ4v) is 1.18. The van der Waals surface area contributed by atoms with Crippen molar-refractivity contribution in [3.8, 4) is 5.75 Å². The lowest BCUT2D eigenvalue weighted by atomic mass is 10.3. The third-order valence-corrected chi connectivity index (χ3v) is 1.99. The molecular formula is C11H15F2NO. The van der Waals surface area contributed by atoms with Crippen LogP contribution in [0.2, 0.25) is 0 Å². The SMILES string of the molecule is CNCCCCOc1cccc(F)c1F. The normalized spacial score (nSPS) is 10.3. The van der Waals surface area contributed by atoms with Crippen LogP contribution in [0.15, 0.2) is 18.2 Å². The topological polar surface area (TPSA) is 21.3 Å². The molecule has 1 aromatic carbocycles. The van der Waals surface area contributed by atoms with Gasteiger partial charge in [-0.15, -0.1) is 0 Å². The summed E-state index contributed by atoms with van der Waals surface area (Å²) < 4.78 is 30.9. The molecule has 4 heteroatoms. The Kier molecular flexibility index (Phi) is 5.04. The number of rotatable bonds is 6. The van der Waals surface area contributed by atoms with Crippen molar-refractivity contribution < 1.29 is 13.5 Å². The number of nitrogens with one attached hydrogen (secondary N) is 1. The molecule has 0 heterocycles. The van der Waals surface area contributed by atoms with Crippen molar-refractivity contribution >= 4 is 0 Å². The Morgan fingerprint density at radius 1 is 1.27 bits per heavy atom. The maximum atomic E-state index is 13.1. The highest BCUT2D eigenvalue weighted by atomic mass is 19.2. The second-order valence-electron chi connectivity index (χ2n) is 3.21. The Morgan fingerprint density at radius 2 is 2.07 bits per heavy atom. The molecule has 0 aliphatic rings. The van der Waals surface area contributed by atoms with Crippen molar-refractivity contribution in [1.29, 1.82) is 0 Å². The zero-order chi connectivity index (χ0) is 11.1. The average Bonchev–Trinajstić information content (AvgIpc) is 2.24. The van der Waals surface area contributed by atoms with Crippen molar-refractivity contribution in [3.63, 3.8) is 0 Å². The second kappa shape index (κ2) is 6.35. The molecule has 0 saturated carbocycles. The molecule has 1 N–H and O–H groups in total. The van der Waals surface area contributed by atoms with Crippen LogP contribution in [0.5, 0.6) is 5.75 Å². The molecule has 0 atom stereocenters. The first kappa shape index (κ1) is 11.9. The summed E-state index contributed by atoms with van der Waals surface area (Å²) in [5.74, 6) is -1.80. The number of halogens is 2. The number of hydrogen-bond acceptors (Lipinski definition) is 2. The van der Waals surface area contributed by atoms with E-state index in [1.807, 2.05) is 7.05 Å². The molecule has 0 aliphatic carbocycles. The summed E-state index contributed by atoms with van der Waals surface area (Å²) in [5, 5.41) is 3.00. The van der Waals surface area contributed by atoms with Crippen LogP contribution in [0.3, 0.4) is 0 Å². The average molecular weight is 215 g/mol. The fraction of sp³-hybridized carbons (Fsp3) is 0.455. The van der Waals surface area contributed by atoms with Gasteiger partial charge in [-0.25, -0.2) is 4.39 Å². The van der Waals surface area contributed by atoms with Gasteiger partial charge in [0.05, 0.1) is 6.61 Å². The van der Waals surface area contributed by atoms with E-state index in [1.165, 1.54) is 12.1 Å². The molecule has 0 radical (unpaired) electrons. The Labute approximate surface area is 88.3 Å². The van der Waals surface area contributed by atoms with E-state index >= 15 is 0 Å². The molecule has 0 bridgehead atoms. The van der Waals surface area contributed by atoms with Gasteiger partial charge in [0.15, 0.2) is 11.6 Å². The minimum Gasteiger partial charge on any atom is -0.490 e. The highest BCUT2D eigenvalue weighted by Crippen LogP contribution is 2.19. The minimum atomic E-state index is -0.911. The summed E-state index contributed by atoms with van der Waals surface area (Å²) in [6.07, 6.45) is 1.77. The smallest absolute Gasteiger partial charge is 0.200 e. The Hall–Kier alpha value is -1.16. The standard InChI is InChI=1S/C11H15F2NO/c1-14-7-2-3-8-15-10-6-4-5-9(12)11(10)13/h4-6,14H,2-3,7-8H2,1H3. The molecule has 15 heavy (non-hydrogen) atoms. The summed E-state index contributed by atoms with van der Waals surface area (Å²) in [7, 11) is 1.87. The van der Waals surface area contributed by atoms with E-state index in [4.69, 9.17) is 4.74 Å². The second-order valence-corrected chi connectivity index (χ2v) is 3.21. The van der Waals surface area contributed by atoms with Crippen LogP contribution >= 0.6 is 0 Å². The summed E-state index contributed by atoms with van der Waals surface area (Å²) in [4.78, 5) is 0. The van der Waals surface area contributed by atoms with Crippen molar-refractivity contribution in [3.05, 3.63) is 29.8 Å². The largest absolute Gasteiger partial charge is 0.490 e. The Bertz CT molecular complexity index is 305. The molecule has 2 nitrogen and oxygen atoms in total. The molecule has 0 unspecified atom stereocenters. The van der Waals surface area contributed by atoms with Gasteiger partial charge in [0.2, 0.25) is 5.82 Å². The third kappa shape index (κ3) is 3.83. The van der Waals surface area contributed by atoms with Crippen LogP contribution in [0.4, 0.5) is 8.78 Å². The van der Waals surface area contributed by atoms with Crippen LogP contribution in [0.25, 0.3) is 0 Å². The lowest BCUT2D eigenvalue weighted by molar-refractivity contribution is 0.286. The van der Waals surface area contributed by atoms with Gasteiger partial charge in [0, 0.05) is 0 Å². The first-order chi connectivity index (χ1) is 7.25. The minimum absolute atomic E-state index is 0.0144. The molecule has 0 fully saturated rings. The molecule has 0 saturated heterocycles. The lowest BCUT2D eigenvalue weighted by Gasteiger charge is -2.07. The molecule has 0 amide bonds. The number of unbranched alkanes of at least 4 members (excludes halogenated alkanes) is 1. The van der Waals surface area contributed by atoms with Gasteiger partial charge in [0.1, 0.15) is 0 Å². The van der Waals surface area contributed by atoms with Crippen LogP contribution in [0.1, 0.15) is 12.8 Å². The van der Waals surface area contributed by atoms with Gasteiger partial charge in [0.25, 0.3) is 0 Å². The van der Waals surface area contributed by atoms with E-state index < -0.39 is 11.6 Å². The fourth-order valence-electron chi connectivity index (χ4n) is 1.18. The maximum absolute atomic E-state index is 13.1. The number of hydrogen-bond donors (Lipinski definition) is 1. The highest BCUT2D eigenvalue weighted by Gasteiger charge is 2.07. The van der Waals surface area contributed by atoms with E-state index in [9.17, 15) is 8.78 Å². The quantitative estimate of drug-likeness (QED) is 0.735. The first-order valence-corrected chi connectivity index (χ1v) is 4.97. The van der Waals surface area contributed by atoms with Crippen LogP contribution < -0.4 is 10.1 Å². The summed E-state index contributed by atoms with van der Waals surface area (Å²) >= 11 is 0. The Morgan fingerprint density at radius 3 is 2.80 bits per heavy atom. The molecule has 0 aliphatic heterocycles. The summed E-state index contributed by atoms with van der Waals surface area (Å²) in [6, 6.07) is 3.93. The molecule has 1 rings (SSSR count). The van der Waals surface area contributed by atoms with E-state index in [0.29, 0.717) is 6.61 Å². The van der Waals surface area contributed by atoms with Crippen molar-refractivity contribution in [2.45, 2.75) is 12.8 Å². The van der Waals surface area contributed by atoms with Crippen LogP contribution in [0, 0.1) is 11.6 Å². The molecular weight excluding hydrogens is 200 g/mol. The van der Waals surface area contributed by atoms with Gasteiger partial charge < -0.3 is 10.1 Å².